The largest absolute Gasteiger partial charge is 0.369 e. The molecule has 1 saturated heterocycles. The van der Waals surface area contributed by atoms with Crippen molar-refractivity contribution in [3.8, 4) is 0 Å². The highest BCUT2D eigenvalue weighted by atomic mass is 15.2. The number of hydrogen-bond donors (Lipinski definition) is 1. The maximum absolute atomic E-state index is 5.86. The van der Waals surface area contributed by atoms with Gasteiger partial charge in [0.2, 0.25) is 0 Å². The van der Waals surface area contributed by atoms with Crippen molar-refractivity contribution < 1.29 is 0 Å². The number of nitrogens with zero attached hydrogens (tertiary/aromatic N) is 1. The van der Waals surface area contributed by atoms with Crippen LogP contribution in [0.3, 0.4) is 0 Å². The summed E-state index contributed by atoms with van der Waals surface area (Å²) >= 11 is 0. The molecule has 0 amide bonds. The minimum Gasteiger partial charge on any atom is -0.369 e. The van der Waals surface area contributed by atoms with Crippen LogP contribution < -0.4 is 10.6 Å². The number of rotatable bonds is 2. The molecule has 88 valence electrons. The van der Waals surface area contributed by atoms with Crippen molar-refractivity contribution >= 4 is 5.69 Å². The average molecular weight is 218 g/mol. The normalized spacial score (nSPS) is 23.2. The zero-order valence-electron chi connectivity index (χ0n) is 10.3. The van der Waals surface area contributed by atoms with Gasteiger partial charge in [0.25, 0.3) is 0 Å². The predicted molar refractivity (Wildman–Crippen MR) is 69.7 cm³/mol. The predicted octanol–water partition coefficient (Wildman–Crippen LogP) is 3.09. The maximum atomic E-state index is 5.86. The molecule has 0 radical (unpaired) electrons. The molecule has 1 aromatic carbocycles. The second-order valence-electron chi connectivity index (χ2n) is 4.92. The topological polar surface area (TPSA) is 29.3 Å². The summed E-state index contributed by atoms with van der Waals surface area (Å²) in [7, 11) is 0. The van der Waals surface area contributed by atoms with Gasteiger partial charge in [-0.2, -0.15) is 0 Å². The highest BCUT2D eigenvalue weighted by Gasteiger charge is 2.18. The van der Waals surface area contributed by atoms with E-state index in [4.69, 9.17) is 5.73 Å². The van der Waals surface area contributed by atoms with E-state index in [9.17, 15) is 0 Å². The number of piperidine rings is 1. The van der Waals surface area contributed by atoms with Gasteiger partial charge in [-0.3, -0.25) is 0 Å². The van der Waals surface area contributed by atoms with E-state index in [1.54, 1.807) is 0 Å². The van der Waals surface area contributed by atoms with Gasteiger partial charge in [0.15, 0.2) is 0 Å². The van der Waals surface area contributed by atoms with E-state index in [-0.39, 0.29) is 6.04 Å². The average Bonchev–Trinajstić information content (AvgIpc) is 2.30. The van der Waals surface area contributed by atoms with Crippen LogP contribution in [0.25, 0.3) is 0 Å². The molecule has 2 N–H and O–H groups in total. The minimum absolute atomic E-state index is 0.132. The lowest BCUT2D eigenvalue weighted by molar-refractivity contribution is 0.485. The Morgan fingerprint density at radius 1 is 1.25 bits per heavy atom. The maximum Gasteiger partial charge on any atom is 0.0368 e. The molecule has 1 fully saturated rings. The van der Waals surface area contributed by atoms with E-state index >= 15 is 0 Å². The van der Waals surface area contributed by atoms with E-state index in [2.05, 4.69) is 36.1 Å². The Morgan fingerprint density at radius 3 is 2.50 bits per heavy atom. The molecule has 0 saturated carbocycles. The standard InChI is InChI=1S/C14H22N2/c1-11-5-3-4-10-16(11)14-8-6-13(7-9-14)12(2)15/h6-9,11-12H,3-5,10,15H2,1-2H3/t11-,12+/m1/s1. The molecule has 0 bridgehead atoms. The van der Waals surface area contributed by atoms with E-state index in [0.29, 0.717) is 6.04 Å². The first-order valence-electron chi connectivity index (χ1n) is 6.30. The quantitative estimate of drug-likeness (QED) is 0.826. The van der Waals surface area contributed by atoms with Gasteiger partial charge < -0.3 is 10.6 Å². The number of benzene rings is 1. The molecule has 2 rings (SSSR count). The Bertz CT molecular complexity index is 329. The van der Waals surface area contributed by atoms with E-state index in [1.165, 1.54) is 37.1 Å². The third-order valence-corrected chi connectivity index (χ3v) is 3.55. The van der Waals surface area contributed by atoms with Gasteiger partial charge in [-0.05, 0) is 50.8 Å². The summed E-state index contributed by atoms with van der Waals surface area (Å²) in [5.74, 6) is 0. The van der Waals surface area contributed by atoms with Crippen molar-refractivity contribution in [3.05, 3.63) is 29.8 Å². The molecule has 2 nitrogen and oxygen atoms in total. The van der Waals surface area contributed by atoms with Crippen LogP contribution in [0.5, 0.6) is 0 Å². The van der Waals surface area contributed by atoms with Gasteiger partial charge in [-0.15, -0.1) is 0 Å². The first-order valence-corrected chi connectivity index (χ1v) is 6.30. The summed E-state index contributed by atoms with van der Waals surface area (Å²) in [5.41, 5.74) is 8.42. The third kappa shape index (κ3) is 2.38. The Hall–Kier alpha value is -1.02. The smallest absolute Gasteiger partial charge is 0.0368 e. The zero-order chi connectivity index (χ0) is 11.5. The van der Waals surface area contributed by atoms with Gasteiger partial charge in [0.1, 0.15) is 0 Å². The van der Waals surface area contributed by atoms with E-state index in [1.807, 2.05) is 6.92 Å². The van der Waals surface area contributed by atoms with Crippen LogP contribution >= 0.6 is 0 Å². The van der Waals surface area contributed by atoms with Crippen molar-refractivity contribution in [1.82, 2.24) is 0 Å². The fourth-order valence-electron chi connectivity index (χ4n) is 2.45. The fourth-order valence-corrected chi connectivity index (χ4v) is 2.45. The first kappa shape index (κ1) is 11.5. The van der Waals surface area contributed by atoms with Gasteiger partial charge in [-0.25, -0.2) is 0 Å². The van der Waals surface area contributed by atoms with Crippen LogP contribution in [0, 0.1) is 0 Å². The molecule has 1 heterocycles. The van der Waals surface area contributed by atoms with Gasteiger partial charge >= 0.3 is 0 Å². The molecule has 0 aromatic heterocycles. The summed E-state index contributed by atoms with van der Waals surface area (Å²) in [6.07, 6.45) is 4.00. The zero-order valence-corrected chi connectivity index (χ0v) is 10.3. The molecule has 2 atom stereocenters. The van der Waals surface area contributed by atoms with E-state index < -0.39 is 0 Å². The summed E-state index contributed by atoms with van der Waals surface area (Å²) in [6, 6.07) is 9.53. The lowest BCUT2D eigenvalue weighted by Crippen LogP contribution is -2.37. The number of hydrogen-bond acceptors (Lipinski definition) is 2. The summed E-state index contributed by atoms with van der Waals surface area (Å²) in [6.45, 7) is 5.54. The van der Waals surface area contributed by atoms with Crippen LogP contribution in [0.15, 0.2) is 24.3 Å². The van der Waals surface area contributed by atoms with Gasteiger partial charge in [-0.1, -0.05) is 12.1 Å². The SMILES string of the molecule is C[C@H](N)c1ccc(N2CCCC[C@H]2C)cc1. The van der Waals surface area contributed by atoms with E-state index in [0.717, 1.165) is 0 Å². The Morgan fingerprint density at radius 2 is 1.94 bits per heavy atom. The lowest BCUT2D eigenvalue weighted by Gasteiger charge is -2.35. The molecule has 1 aliphatic rings. The second-order valence-corrected chi connectivity index (χ2v) is 4.92. The molecular formula is C14H22N2. The molecule has 2 heteroatoms. The Labute approximate surface area is 98.4 Å². The number of nitrogens with two attached hydrogens (primary N) is 1. The molecule has 16 heavy (non-hydrogen) atoms. The molecule has 0 aliphatic carbocycles. The summed E-state index contributed by atoms with van der Waals surface area (Å²) < 4.78 is 0. The minimum atomic E-state index is 0.132. The molecule has 1 aliphatic heterocycles. The first-order chi connectivity index (χ1) is 7.68. The van der Waals surface area contributed by atoms with Crippen LogP contribution in [-0.4, -0.2) is 12.6 Å². The summed E-state index contributed by atoms with van der Waals surface area (Å²) in [5, 5.41) is 0. The molecule has 1 aromatic rings. The summed E-state index contributed by atoms with van der Waals surface area (Å²) in [4.78, 5) is 2.51. The van der Waals surface area contributed by atoms with Crippen LogP contribution in [-0.2, 0) is 0 Å². The lowest BCUT2D eigenvalue weighted by atomic mass is 10.0. The second kappa shape index (κ2) is 4.88. The highest BCUT2D eigenvalue weighted by Crippen LogP contribution is 2.25. The van der Waals surface area contributed by atoms with Crippen LogP contribution in [0.2, 0.25) is 0 Å². The van der Waals surface area contributed by atoms with Gasteiger partial charge in [0, 0.05) is 24.3 Å². The monoisotopic (exact) mass is 218 g/mol. The van der Waals surface area contributed by atoms with Crippen molar-refractivity contribution in [2.45, 2.75) is 45.2 Å². The molecule has 0 unspecified atom stereocenters. The Balaban J connectivity index is 2.14. The van der Waals surface area contributed by atoms with Crippen molar-refractivity contribution in [3.63, 3.8) is 0 Å². The van der Waals surface area contributed by atoms with Crippen LogP contribution in [0.1, 0.15) is 44.7 Å². The Kier molecular flexibility index (Phi) is 3.49. The van der Waals surface area contributed by atoms with Crippen molar-refractivity contribution in [2.24, 2.45) is 5.73 Å². The van der Waals surface area contributed by atoms with Crippen molar-refractivity contribution in [2.75, 3.05) is 11.4 Å². The molecular weight excluding hydrogens is 196 g/mol. The molecule has 0 spiro atoms. The third-order valence-electron chi connectivity index (χ3n) is 3.55. The van der Waals surface area contributed by atoms with Gasteiger partial charge in [0.05, 0.1) is 0 Å². The number of anilines is 1. The highest BCUT2D eigenvalue weighted by molar-refractivity contribution is 5.49. The fraction of sp³-hybridized carbons (Fsp3) is 0.571. The van der Waals surface area contributed by atoms with Crippen molar-refractivity contribution in [1.29, 1.82) is 0 Å². The van der Waals surface area contributed by atoms with Crippen LogP contribution in [0.4, 0.5) is 5.69 Å².